The third-order valence-electron chi connectivity index (χ3n) is 5.63. The lowest BCUT2D eigenvalue weighted by atomic mass is 9.96. The van der Waals surface area contributed by atoms with Crippen molar-refractivity contribution >= 4 is 17.7 Å². The zero-order valence-electron chi connectivity index (χ0n) is 17.8. The number of carbonyl (C=O) groups is 1. The molecule has 0 unspecified atom stereocenters. The van der Waals surface area contributed by atoms with Gasteiger partial charge in [-0.05, 0) is 67.4 Å². The highest BCUT2D eigenvalue weighted by atomic mass is 32.2. The van der Waals surface area contributed by atoms with Gasteiger partial charge < -0.3 is 5.32 Å². The highest BCUT2D eigenvalue weighted by molar-refractivity contribution is 7.99. The van der Waals surface area contributed by atoms with E-state index in [4.69, 9.17) is 0 Å². The van der Waals surface area contributed by atoms with Gasteiger partial charge in [0.2, 0.25) is 0 Å². The summed E-state index contributed by atoms with van der Waals surface area (Å²) < 4.78 is 14.4. The van der Waals surface area contributed by atoms with Gasteiger partial charge in [0.05, 0.1) is 5.69 Å². The van der Waals surface area contributed by atoms with E-state index in [2.05, 4.69) is 10.4 Å². The fourth-order valence-electron chi connectivity index (χ4n) is 3.88. The molecule has 1 fully saturated rings. The molecule has 32 heavy (non-hydrogen) atoms. The molecule has 0 saturated heterocycles. The van der Waals surface area contributed by atoms with E-state index < -0.39 is 0 Å². The van der Waals surface area contributed by atoms with E-state index in [1.165, 1.54) is 53.9 Å². The van der Waals surface area contributed by atoms with E-state index in [-0.39, 0.29) is 23.3 Å². The Labute approximate surface area is 191 Å². The maximum absolute atomic E-state index is 13.1. The number of hydrogen-bond acceptors (Lipinski definition) is 4. The molecule has 1 aliphatic rings. The molecule has 1 amide bonds. The largest absolute Gasteiger partial charge is 0.349 e. The van der Waals surface area contributed by atoms with Gasteiger partial charge in [-0.15, -0.1) is 0 Å². The second kappa shape index (κ2) is 10.6. The maximum Gasteiger partial charge on any atom is 0.271 e. The van der Waals surface area contributed by atoms with Crippen LogP contribution in [0.5, 0.6) is 0 Å². The zero-order valence-corrected chi connectivity index (χ0v) is 18.6. The molecule has 5 nitrogen and oxygen atoms in total. The van der Waals surface area contributed by atoms with Gasteiger partial charge in [-0.1, -0.05) is 43.9 Å². The van der Waals surface area contributed by atoms with Crippen molar-refractivity contribution in [2.45, 2.75) is 60.9 Å². The Morgan fingerprint density at radius 2 is 1.56 bits per heavy atom. The van der Waals surface area contributed by atoms with E-state index in [1.54, 1.807) is 42.5 Å². The van der Waals surface area contributed by atoms with Crippen LogP contribution in [0.1, 0.15) is 55.3 Å². The Morgan fingerprint density at radius 1 is 0.906 bits per heavy atom. The lowest BCUT2D eigenvalue weighted by Gasteiger charge is -2.21. The molecule has 0 spiro atoms. The number of hydrogen-bond donors (Lipinski definition) is 1. The normalized spacial score (nSPS) is 15.0. The average molecular weight is 452 g/mol. The summed E-state index contributed by atoms with van der Waals surface area (Å²) in [7, 11) is 0. The van der Waals surface area contributed by atoms with E-state index >= 15 is 0 Å². The van der Waals surface area contributed by atoms with Crippen LogP contribution in [0.3, 0.4) is 0 Å². The highest BCUT2D eigenvalue weighted by Crippen LogP contribution is 2.25. The summed E-state index contributed by atoms with van der Waals surface area (Å²) in [5.74, 6) is -0.381. The fraction of sp³-hybridized carbons (Fsp3) is 0.320. The summed E-state index contributed by atoms with van der Waals surface area (Å²) in [6.45, 7) is 0. The van der Waals surface area contributed by atoms with Gasteiger partial charge in [0, 0.05) is 22.6 Å². The Kier molecular flexibility index (Phi) is 7.37. The van der Waals surface area contributed by atoms with Gasteiger partial charge in [0.1, 0.15) is 10.8 Å². The molecular formula is C25H26FN3O2S. The van der Waals surface area contributed by atoms with Crippen LogP contribution in [0.2, 0.25) is 0 Å². The van der Waals surface area contributed by atoms with Gasteiger partial charge >= 0.3 is 0 Å². The number of benzene rings is 2. The molecule has 0 radical (unpaired) electrons. The molecule has 4 rings (SSSR count). The van der Waals surface area contributed by atoms with Crippen molar-refractivity contribution in [2.24, 2.45) is 0 Å². The predicted molar refractivity (Wildman–Crippen MR) is 124 cm³/mol. The van der Waals surface area contributed by atoms with Gasteiger partial charge in [-0.2, -0.15) is 9.78 Å². The second-order valence-electron chi connectivity index (χ2n) is 8.04. The number of nitrogens with zero attached hydrogens (tertiary/aromatic N) is 2. The van der Waals surface area contributed by atoms with Crippen molar-refractivity contribution in [3.63, 3.8) is 0 Å². The molecule has 166 valence electrons. The molecule has 0 bridgehead atoms. The molecule has 1 heterocycles. The molecule has 1 N–H and O–H groups in total. The lowest BCUT2D eigenvalue weighted by molar-refractivity contribution is 0.0930. The van der Waals surface area contributed by atoms with E-state index in [0.717, 1.165) is 30.6 Å². The predicted octanol–water partition coefficient (Wildman–Crippen LogP) is 5.37. The van der Waals surface area contributed by atoms with Crippen LogP contribution < -0.4 is 10.9 Å². The smallest absolute Gasteiger partial charge is 0.271 e. The summed E-state index contributed by atoms with van der Waals surface area (Å²) in [6.07, 6.45) is 8.14. The summed E-state index contributed by atoms with van der Waals surface area (Å²) in [5, 5.41) is 8.19. The Hall–Kier alpha value is -2.93. The van der Waals surface area contributed by atoms with E-state index in [0.29, 0.717) is 16.3 Å². The van der Waals surface area contributed by atoms with Gasteiger partial charge in [0.15, 0.2) is 0 Å². The van der Waals surface area contributed by atoms with Crippen LogP contribution in [-0.4, -0.2) is 21.7 Å². The summed E-state index contributed by atoms with van der Waals surface area (Å²) in [5.41, 5.74) is 0.889. The molecule has 3 aromatic rings. The van der Waals surface area contributed by atoms with Crippen molar-refractivity contribution in [1.82, 2.24) is 15.1 Å². The van der Waals surface area contributed by atoms with Gasteiger partial charge in [-0.3, -0.25) is 9.59 Å². The number of amides is 1. The number of carbonyl (C=O) groups excluding carboxylic acids is 1. The summed E-state index contributed by atoms with van der Waals surface area (Å²) in [6, 6.07) is 16.3. The first-order valence-corrected chi connectivity index (χ1v) is 11.9. The maximum atomic E-state index is 13.1. The van der Waals surface area contributed by atoms with Crippen molar-refractivity contribution in [3.05, 3.63) is 82.4 Å². The minimum absolute atomic E-state index is 0.0805. The molecule has 0 atom stereocenters. The monoisotopic (exact) mass is 451 g/mol. The van der Waals surface area contributed by atoms with Gasteiger partial charge in [0.25, 0.3) is 11.5 Å². The average Bonchev–Trinajstić information content (AvgIpc) is 2.78. The third kappa shape index (κ3) is 5.85. The van der Waals surface area contributed by atoms with Crippen molar-refractivity contribution < 1.29 is 9.18 Å². The van der Waals surface area contributed by atoms with Crippen LogP contribution in [-0.2, 0) is 0 Å². The molecule has 0 aliphatic heterocycles. The summed E-state index contributed by atoms with van der Waals surface area (Å²) in [4.78, 5) is 25.9. The molecule has 1 aromatic heterocycles. The minimum atomic E-state index is -0.300. The van der Waals surface area contributed by atoms with Crippen LogP contribution in [0.15, 0.2) is 75.4 Å². The van der Waals surface area contributed by atoms with Crippen LogP contribution >= 0.6 is 11.8 Å². The number of rotatable bonds is 5. The van der Waals surface area contributed by atoms with Crippen molar-refractivity contribution in [1.29, 1.82) is 0 Å². The van der Waals surface area contributed by atoms with E-state index in [1.807, 2.05) is 0 Å². The first kappa shape index (κ1) is 22.3. The lowest BCUT2D eigenvalue weighted by Crippen LogP contribution is -2.35. The van der Waals surface area contributed by atoms with Crippen LogP contribution in [0.4, 0.5) is 4.39 Å². The Balaban J connectivity index is 1.46. The first-order valence-electron chi connectivity index (χ1n) is 11.0. The van der Waals surface area contributed by atoms with E-state index in [9.17, 15) is 14.0 Å². The third-order valence-corrected chi connectivity index (χ3v) is 6.56. The number of aromatic nitrogens is 2. The topological polar surface area (TPSA) is 64.0 Å². The SMILES string of the molecule is O=C(NC1CCCCCCC1)c1ccc(-n2nc(Sc3ccc(F)cc3)ccc2=O)cc1. The van der Waals surface area contributed by atoms with Crippen molar-refractivity contribution in [2.75, 3.05) is 0 Å². The standard InChI is InChI=1S/C25H26FN3O2S/c26-19-10-14-22(15-11-19)32-23-16-17-24(30)29(28-23)21-12-8-18(9-13-21)25(31)27-20-6-4-2-1-3-5-7-20/h8-17,20H,1-7H2,(H,27,31). The number of nitrogens with one attached hydrogen (secondary N) is 1. The second-order valence-corrected chi connectivity index (χ2v) is 9.13. The molecule has 1 aliphatic carbocycles. The zero-order chi connectivity index (χ0) is 22.3. The molecule has 2 aromatic carbocycles. The minimum Gasteiger partial charge on any atom is -0.349 e. The fourth-order valence-corrected chi connectivity index (χ4v) is 4.65. The van der Waals surface area contributed by atoms with Crippen molar-refractivity contribution in [3.8, 4) is 5.69 Å². The molecule has 7 heteroatoms. The van der Waals surface area contributed by atoms with Crippen LogP contribution in [0.25, 0.3) is 5.69 Å². The first-order chi connectivity index (χ1) is 15.6. The Bertz CT molecular complexity index is 1110. The number of halogens is 1. The van der Waals surface area contributed by atoms with Gasteiger partial charge in [-0.25, -0.2) is 4.39 Å². The highest BCUT2D eigenvalue weighted by Gasteiger charge is 2.15. The Morgan fingerprint density at radius 3 is 2.25 bits per heavy atom. The molecular weight excluding hydrogens is 425 g/mol. The quantitative estimate of drug-likeness (QED) is 0.567. The van der Waals surface area contributed by atoms with Crippen LogP contribution in [0, 0.1) is 5.82 Å². The summed E-state index contributed by atoms with van der Waals surface area (Å²) >= 11 is 1.34. The molecule has 1 saturated carbocycles.